The molecule has 0 radical (unpaired) electrons. The summed E-state index contributed by atoms with van der Waals surface area (Å²) in [5.41, 5.74) is 1.02. The molecular formula is C18H25N3O3. The zero-order valence-corrected chi connectivity index (χ0v) is 14.1. The van der Waals surface area contributed by atoms with E-state index in [-0.39, 0.29) is 31.1 Å². The number of amides is 2. The highest BCUT2D eigenvalue weighted by molar-refractivity contribution is 5.89. The predicted octanol–water partition coefficient (Wildman–Crippen LogP) is 0.624. The summed E-state index contributed by atoms with van der Waals surface area (Å²) in [5, 5.41) is 3.10. The molecule has 0 aromatic heterocycles. The highest BCUT2D eigenvalue weighted by Crippen LogP contribution is 2.15. The maximum atomic E-state index is 12.7. The van der Waals surface area contributed by atoms with Gasteiger partial charge in [-0.3, -0.25) is 9.59 Å². The van der Waals surface area contributed by atoms with E-state index in [4.69, 9.17) is 4.74 Å². The number of piperidine rings is 1. The van der Waals surface area contributed by atoms with Gasteiger partial charge in [0.15, 0.2) is 0 Å². The van der Waals surface area contributed by atoms with E-state index in [9.17, 15) is 9.59 Å². The number of ether oxygens (including phenoxy) is 1. The van der Waals surface area contributed by atoms with Crippen LogP contribution in [0.3, 0.4) is 0 Å². The van der Waals surface area contributed by atoms with Crippen molar-refractivity contribution in [2.24, 2.45) is 0 Å². The fourth-order valence-electron chi connectivity index (χ4n) is 3.38. The number of carbonyl (C=O) groups is 2. The first kappa shape index (κ1) is 16.9. The van der Waals surface area contributed by atoms with Crippen LogP contribution in [0.5, 0.6) is 0 Å². The summed E-state index contributed by atoms with van der Waals surface area (Å²) >= 11 is 0. The van der Waals surface area contributed by atoms with Gasteiger partial charge in [-0.25, -0.2) is 0 Å². The Morgan fingerprint density at radius 3 is 2.88 bits per heavy atom. The number of morpholine rings is 1. The normalized spacial score (nSPS) is 25.5. The van der Waals surface area contributed by atoms with Crippen molar-refractivity contribution in [2.75, 3.05) is 33.4 Å². The molecule has 24 heavy (non-hydrogen) atoms. The van der Waals surface area contributed by atoms with Crippen molar-refractivity contribution in [1.82, 2.24) is 15.1 Å². The van der Waals surface area contributed by atoms with Crippen LogP contribution in [0.4, 0.5) is 0 Å². The largest absolute Gasteiger partial charge is 0.369 e. The van der Waals surface area contributed by atoms with Gasteiger partial charge in [-0.15, -0.1) is 0 Å². The van der Waals surface area contributed by atoms with E-state index in [1.807, 2.05) is 30.3 Å². The minimum Gasteiger partial charge on any atom is -0.369 e. The molecule has 130 valence electrons. The summed E-state index contributed by atoms with van der Waals surface area (Å²) in [6, 6.07) is 9.33. The molecule has 0 bridgehead atoms. The summed E-state index contributed by atoms with van der Waals surface area (Å²) in [5.74, 6) is -0.245. The van der Waals surface area contributed by atoms with Crippen molar-refractivity contribution in [3.05, 3.63) is 35.9 Å². The monoisotopic (exact) mass is 331 g/mol. The second-order valence-corrected chi connectivity index (χ2v) is 6.65. The van der Waals surface area contributed by atoms with Crippen molar-refractivity contribution in [3.63, 3.8) is 0 Å². The van der Waals surface area contributed by atoms with Gasteiger partial charge in [-0.2, -0.15) is 0 Å². The molecule has 1 N–H and O–H groups in total. The molecule has 2 fully saturated rings. The fourth-order valence-corrected chi connectivity index (χ4v) is 3.38. The number of nitrogens with one attached hydrogen (secondary N) is 1. The van der Waals surface area contributed by atoms with Crippen LogP contribution >= 0.6 is 0 Å². The molecule has 3 rings (SSSR count). The molecular weight excluding hydrogens is 306 g/mol. The number of rotatable bonds is 4. The molecule has 2 atom stereocenters. The Hall–Kier alpha value is -1.92. The van der Waals surface area contributed by atoms with Crippen LogP contribution in [0.15, 0.2) is 30.3 Å². The lowest BCUT2D eigenvalue weighted by molar-refractivity contribution is -0.156. The topological polar surface area (TPSA) is 61.9 Å². The van der Waals surface area contributed by atoms with Gasteiger partial charge in [0.05, 0.1) is 6.61 Å². The highest BCUT2D eigenvalue weighted by Gasteiger charge is 2.35. The molecule has 1 aromatic rings. The second-order valence-electron chi connectivity index (χ2n) is 6.65. The number of benzene rings is 1. The first-order valence-electron chi connectivity index (χ1n) is 8.53. The zero-order valence-electron chi connectivity index (χ0n) is 14.1. The maximum Gasteiger partial charge on any atom is 0.249 e. The van der Waals surface area contributed by atoms with Gasteiger partial charge in [0, 0.05) is 19.1 Å². The lowest BCUT2D eigenvalue weighted by Gasteiger charge is -2.37. The quantitative estimate of drug-likeness (QED) is 0.879. The summed E-state index contributed by atoms with van der Waals surface area (Å²) in [6.45, 7) is 2.66. The van der Waals surface area contributed by atoms with Gasteiger partial charge in [-0.1, -0.05) is 30.3 Å². The van der Waals surface area contributed by atoms with Crippen molar-refractivity contribution in [3.8, 4) is 0 Å². The van der Waals surface area contributed by atoms with E-state index in [2.05, 4.69) is 17.3 Å². The van der Waals surface area contributed by atoms with E-state index in [1.54, 1.807) is 4.90 Å². The average molecular weight is 331 g/mol. The summed E-state index contributed by atoms with van der Waals surface area (Å²) in [4.78, 5) is 28.8. The number of carbonyl (C=O) groups excluding carboxylic acids is 2. The first-order valence-corrected chi connectivity index (χ1v) is 8.53. The average Bonchev–Trinajstić information content (AvgIpc) is 2.57. The van der Waals surface area contributed by atoms with E-state index in [1.165, 1.54) is 0 Å². The molecule has 0 aliphatic carbocycles. The molecule has 0 unspecified atom stereocenters. The molecule has 6 nitrogen and oxygen atoms in total. The van der Waals surface area contributed by atoms with Crippen LogP contribution in [0.1, 0.15) is 18.4 Å². The van der Waals surface area contributed by atoms with Crippen LogP contribution in [0.2, 0.25) is 0 Å². The Balaban J connectivity index is 1.66. The Morgan fingerprint density at radius 2 is 2.12 bits per heavy atom. The van der Waals surface area contributed by atoms with Gasteiger partial charge in [0.2, 0.25) is 11.8 Å². The molecule has 2 aliphatic rings. The minimum absolute atomic E-state index is 0.0444. The molecule has 2 saturated heterocycles. The predicted molar refractivity (Wildman–Crippen MR) is 90.3 cm³/mol. The lowest BCUT2D eigenvalue weighted by Crippen LogP contribution is -2.58. The van der Waals surface area contributed by atoms with Crippen LogP contribution in [0, 0.1) is 0 Å². The lowest BCUT2D eigenvalue weighted by atomic mass is 10.1. The van der Waals surface area contributed by atoms with Crippen LogP contribution in [-0.2, 0) is 20.9 Å². The number of hydrogen-bond donors (Lipinski definition) is 1. The van der Waals surface area contributed by atoms with Crippen molar-refractivity contribution in [1.29, 1.82) is 0 Å². The fraction of sp³-hybridized carbons (Fsp3) is 0.556. The Labute approximate surface area is 142 Å². The van der Waals surface area contributed by atoms with Gasteiger partial charge in [-0.05, 0) is 32.0 Å². The molecule has 0 spiro atoms. The van der Waals surface area contributed by atoms with E-state index < -0.39 is 6.04 Å². The highest BCUT2D eigenvalue weighted by atomic mass is 16.5. The Morgan fingerprint density at radius 1 is 1.33 bits per heavy atom. The first-order chi connectivity index (χ1) is 11.6. The van der Waals surface area contributed by atoms with Crippen LogP contribution in [0.25, 0.3) is 0 Å². The molecule has 6 heteroatoms. The maximum absolute atomic E-state index is 12.7. The molecule has 2 amide bonds. The SMILES string of the molecule is CN1CCC[C@@H](NC(=O)[C@@H]2COCC(=O)N2Cc2ccccc2)C1. The van der Waals surface area contributed by atoms with Gasteiger partial charge in [0.1, 0.15) is 12.6 Å². The molecule has 1 aromatic carbocycles. The smallest absolute Gasteiger partial charge is 0.249 e. The van der Waals surface area contributed by atoms with E-state index in [0.29, 0.717) is 6.54 Å². The Kier molecular flexibility index (Phi) is 5.48. The summed E-state index contributed by atoms with van der Waals surface area (Å²) in [6.07, 6.45) is 2.06. The van der Waals surface area contributed by atoms with Gasteiger partial charge in [0.25, 0.3) is 0 Å². The third-order valence-electron chi connectivity index (χ3n) is 4.67. The van der Waals surface area contributed by atoms with Gasteiger partial charge < -0.3 is 19.9 Å². The molecule has 2 aliphatic heterocycles. The van der Waals surface area contributed by atoms with Gasteiger partial charge >= 0.3 is 0 Å². The van der Waals surface area contributed by atoms with E-state index in [0.717, 1.165) is 31.5 Å². The molecule has 0 saturated carbocycles. The van der Waals surface area contributed by atoms with Crippen LogP contribution < -0.4 is 5.32 Å². The zero-order chi connectivity index (χ0) is 16.9. The number of likely N-dealkylation sites (tertiary alicyclic amines) is 1. The third kappa shape index (κ3) is 4.13. The van der Waals surface area contributed by atoms with E-state index >= 15 is 0 Å². The minimum atomic E-state index is -0.557. The standard InChI is InChI=1S/C18H25N3O3/c1-20-9-5-8-15(11-20)19-18(23)16-12-24-13-17(22)21(16)10-14-6-3-2-4-7-14/h2-4,6-7,15-16H,5,8-13H2,1H3,(H,19,23)/t15-,16+/m1/s1. The number of hydrogen-bond acceptors (Lipinski definition) is 4. The molecule has 2 heterocycles. The Bertz CT molecular complexity index is 578. The van der Waals surface area contributed by atoms with Crippen molar-refractivity contribution < 1.29 is 14.3 Å². The van der Waals surface area contributed by atoms with Crippen molar-refractivity contribution in [2.45, 2.75) is 31.5 Å². The second kappa shape index (κ2) is 7.77. The summed E-state index contributed by atoms with van der Waals surface area (Å²) in [7, 11) is 2.06. The third-order valence-corrected chi connectivity index (χ3v) is 4.67. The summed E-state index contributed by atoms with van der Waals surface area (Å²) < 4.78 is 5.33. The van der Waals surface area contributed by atoms with Crippen molar-refractivity contribution >= 4 is 11.8 Å². The number of nitrogens with zero attached hydrogens (tertiary/aromatic N) is 2. The number of likely N-dealkylation sites (N-methyl/N-ethyl adjacent to an activating group) is 1. The van der Waals surface area contributed by atoms with Crippen LogP contribution in [-0.4, -0.2) is 67.0 Å².